The van der Waals surface area contributed by atoms with Gasteiger partial charge in [-0.3, -0.25) is 4.98 Å². The molecule has 0 radical (unpaired) electrons. The molecule has 6 nitrogen and oxygen atoms in total. The van der Waals surface area contributed by atoms with Crippen molar-refractivity contribution in [1.82, 2.24) is 4.98 Å². The molecule has 1 fully saturated rings. The Balaban J connectivity index is 1.96. The lowest BCUT2D eigenvalue weighted by molar-refractivity contribution is -0.131. The number of ether oxygens (including phenoxy) is 1. The van der Waals surface area contributed by atoms with E-state index in [0.717, 1.165) is 5.56 Å². The van der Waals surface area contributed by atoms with E-state index in [1.54, 1.807) is 18.5 Å². The molecule has 100 valence electrons. The normalized spacial score (nSPS) is 36.6. The van der Waals surface area contributed by atoms with Gasteiger partial charge < -0.3 is 26.4 Å². The van der Waals surface area contributed by atoms with Crippen LogP contribution in [0.15, 0.2) is 24.5 Å². The highest BCUT2D eigenvalue weighted by Gasteiger charge is 2.41. The predicted molar refractivity (Wildman–Crippen MR) is 65.4 cm³/mol. The highest BCUT2D eigenvalue weighted by atomic mass is 16.5. The third-order valence-electron chi connectivity index (χ3n) is 3.26. The third kappa shape index (κ3) is 2.85. The number of aliphatic hydroxyl groups excluding tert-OH is 2. The summed E-state index contributed by atoms with van der Waals surface area (Å²) in [7, 11) is 0. The molecular formula is C12H19N3O3. The average Bonchev–Trinajstić information content (AvgIpc) is 2.37. The molecule has 1 aliphatic rings. The van der Waals surface area contributed by atoms with Crippen molar-refractivity contribution in [2.45, 2.75) is 43.4 Å². The number of hydrogen-bond acceptors (Lipinski definition) is 6. The van der Waals surface area contributed by atoms with Gasteiger partial charge in [-0.15, -0.1) is 0 Å². The fourth-order valence-electron chi connectivity index (χ4n) is 2.19. The Morgan fingerprint density at radius 2 is 2.06 bits per heavy atom. The van der Waals surface area contributed by atoms with Crippen molar-refractivity contribution in [2.24, 2.45) is 11.5 Å². The largest absolute Gasteiger partial charge is 0.389 e. The van der Waals surface area contributed by atoms with Gasteiger partial charge in [-0.25, -0.2) is 0 Å². The van der Waals surface area contributed by atoms with Crippen LogP contribution in [0, 0.1) is 0 Å². The molecule has 1 saturated carbocycles. The first-order valence-electron chi connectivity index (χ1n) is 5.97. The number of aromatic nitrogens is 1. The molecule has 2 rings (SSSR count). The zero-order valence-electron chi connectivity index (χ0n) is 10.0. The first-order chi connectivity index (χ1) is 8.59. The molecule has 0 spiro atoms. The van der Waals surface area contributed by atoms with E-state index in [4.69, 9.17) is 16.2 Å². The minimum atomic E-state index is -1.06. The van der Waals surface area contributed by atoms with Crippen LogP contribution in [0.3, 0.4) is 0 Å². The summed E-state index contributed by atoms with van der Waals surface area (Å²) < 4.78 is 5.58. The molecule has 5 atom stereocenters. The summed E-state index contributed by atoms with van der Waals surface area (Å²) in [5, 5.41) is 19.6. The molecule has 0 amide bonds. The Labute approximate surface area is 106 Å². The van der Waals surface area contributed by atoms with E-state index in [-0.39, 0.29) is 6.04 Å². The molecule has 1 aliphatic carbocycles. The quantitative estimate of drug-likeness (QED) is 0.535. The van der Waals surface area contributed by atoms with Gasteiger partial charge in [0.2, 0.25) is 0 Å². The highest BCUT2D eigenvalue weighted by Crippen LogP contribution is 2.21. The van der Waals surface area contributed by atoms with Gasteiger partial charge in [-0.2, -0.15) is 0 Å². The Morgan fingerprint density at radius 3 is 2.72 bits per heavy atom. The molecule has 6 N–H and O–H groups in total. The minimum Gasteiger partial charge on any atom is -0.389 e. The van der Waals surface area contributed by atoms with Gasteiger partial charge in [-0.1, -0.05) is 6.07 Å². The fraction of sp³-hybridized carbons (Fsp3) is 0.583. The van der Waals surface area contributed by atoms with E-state index in [9.17, 15) is 10.2 Å². The van der Waals surface area contributed by atoms with Crippen molar-refractivity contribution in [3.05, 3.63) is 30.1 Å². The topological polar surface area (TPSA) is 115 Å². The van der Waals surface area contributed by atoms with Crippen molar-refractivity contribution in [3.63, 3.8) is 0 Å². The van der Waals surface area contributed by atoms with Gasteiger partial charge in [0.05, 0.1) is 12.7 Å². The number of nitrogens with zero attached hydrogens (tertiary/aromatic N) is 1. The number of pyridine rings is 1. The number of nitrogens with two attached hydrogens (primary N) is 2. The maximum atomic E-state index is 9.91. The van der Waals surface area contributed by atoms with Gasteiger partial charge >= 0.3 is 0 Å². The van der Waals surface area contributed by atoms with Crippen LogP contribution < -0.4 is 11.5 Å². The molecule has 0 bridgehead atoms. The first kappa shape index (κ1) is 13.4. The summed E-state index contributed by atoms with van der Waals surface area (Å²) in [6.45, 7) is 0.297. The summed E-state index contributed by atoms with van der Waals surface area (Å²) in [5.74, 6) is 0. The molecule has 0 saturated heterocycles. The first-order valence-corrected chi connectivity index (χ1v) is 5.97. The van der Waals surface area contributed by atoms with E-state index in [1.165, 1.54) is 0 Å². The van der Waals surface area contributed by atoms with Gasteiger partial charge in [0.15, 0.2) is 0 Å². The van der Waals surface area contributed by atoms with Crippen molar-refractivity contribution < 1.29 is 14.9 Å². The fourth-order valence-corrected chi connectivity index (χ4v) is 2.19. The smallest absolute Gasteiger partial charge is 0.109 e. The van der Waals surface area contributed by atoms with Gasteiger partial charge in [0.1, 0.15) is 12.2 Å². The van der Waals surface area contributed by atoms with E-state index >= 15 is 0 Å². The Bertz CT molecular complexity index is 376. The molecule has 1 heterocycles. The monoisotopic (exact) mass is 253 g/mol. The van der Waals surface area contributed by atoms with Crippen LogP contribution in [0.25, 0.3) is 0 Å². The predicted octanol–water partition coefficient (Wildman–Crippen LogP) is -1.25. The molecular weight excluding hydrogens is 234 g/mol. The Hall–Kier alpha value is -1.05. The van der Waals surface area contributed by atoms with E-state index in [1.807, 2.05) is 6.07 Å². The summed E-state index contributed by atoms with van der Waals surface area (Å²) in [6.07, 6.45) is 1.12. The molecule has 18 heavy (non-hydrogen) atoms. The van der Waals surface area contributed by atoms with Gasteiger partial charge in [0, 0.05) is 24.5 Å². The molecule has 1 aromatic rings. The van der Waals surface area contributed by atoms with Crippen molar-refractivity contribution in [3.8, 4) is 0 Å². The van der Waals surface area contributed by atoms with Crippen molar-refractivity contribution in [1.29, 1.82) is 0 Å². The van der Waals surface area contributed by atoms with Crippen LogP contribution in [0.5, 0.6) is 0 Å². The molecule has 6 heteroatoms. The molecule has 1 aromatic heterocycles. The maximum Gasteiger partial charge on any atom is 0.109 e. The van der Waals surface area contributed by atoms with Crippen LogP contribution in [0.2, 0.25) is 0 Å². The number of rotatable bonds is 3. The minimum absolute atomic E-state index is 0.297. The number of aliphatic hydroxyl groups is 2. The standard InChI is InChI=1S/C12H19N3O3/c13-8-4-9(14)12(11(17)10(8)16)18-6-7-2-1-3-15-5-7/h1-3,5,8-12,16-17H,4,6,13-14H2/t8-,9+,10+,11-,12-/m1/s1. The second kappa shape index (κ2) is 5.73. The van der Waals surface area contributed by atoms with Crippen molar-refractivity contribution >= 4 is 0 Å². The summed E-state index contributed by atoms with van der Waals surface area (Å²) >= 11 is 0. The van der Waals surface area contributed by atoms with E-state index < -0.39 is 24.4 Å². The molecule has 0 unspecified atom stereocenters. The summed E-state index contributed by atoms with van der Waals surface area (Å²) in [6, 6.07) is 2.79. The lowest BCUT2D eigenvalue weighted by Gasteiger charge is -2.39. The third-order valence-corrected chi connectivity index (χ3v) is 3.26. The average molecular weight is 253 g/mol. The van der Waals surface area contributed by atoms with Crippen LogP contribution >= 0.6 is 0 Å². The van der Waals surface area contributed by atoms with E-state index in [2.05, 4.69) is 4.98 Å². The maximum absolute atomic E-state index is 9.91. The second-order valence-corrected chi connectivity index (χ2v) is 4.68. The summed E-state index contributed by atoms with van der Waals surface area (Å²) in [5.41, 5.74) is 12.5. The van der Waals surface area contributed by atoms with Crippen LogP contribution in [-0.2, 0) is 11.3 Å². The molecule has 0 aromatic carbocycles. The van der Waals surface area contributed by atoms with Crippen LogP contribution in [0.4, 0.5) is 0 Å². The van der Waals surface area contributed by atoms with Crippen molar-refractivity contribution in [2.75, 3.05) is 0 Å². The second-order valence-electron chi connectivity index (χ2n) is 4.68. The van der Waals surface area contributed by atoms with Gasteiger partial charge in [0.25, 0.3) is 0 Å². The number of hydrogen-bond donors (Lipinski definition) is 4. The lowest BCUT2D eigenvalue weighted by atomic mass is 9.85. The SMILES string of the molecule is N[C@@H]1C[C@H](N)[C@@H](OCc2cccnc2)[C@H](O)[C@H]1O. The lowest BCUT2D eigenvalue weighted by Crippen LogP contribution is -2.61. The molecule has 0 aliphatic heterocycles. The Kier molecular flexibility index (Phi) is 4.26. The van der Waals surface area contributed by atoms with Crippen LogP contribution in [-0.4, -0.2) is 45.6 Å². The summed E-state index contributed by atoms with van der Waals surface area (Å²) in [4.78, 5) is 3.97. The van der Waals surface area contributed by atoms with Gasteiger partial charge in [-0.05, 0) is 18.1 Å². The zero-order chi connectivity index (χ0) is 13.1. The highest BCUT2D eigenvalue weighted by molar-refractivity contribution is 5.07. The zero-order valence-corrected chi connectivity index (χ0v) is 10.0. The Morgan fingerprint density at radius 1 is 1.28 bits per heavy atom. The van der Waals surface area contributed by atoms with E-state index in [0.29, 0.717) is 13.0 Å². The van der Waals surface area contributed by atoms with Crippen LogP contribution in [0.1, 0.15) is 12.0 Å².